The Labute approximate surface area is 104 Å². The van der Waals surface area contributed by atoms with Gasteiger partial charge in [-0.05, 0) is 47.2 Å². The van der Waals surface area contributed by atoms with E-state index in [4.69, 9.17) is 5.73 Å². The molecule has 1 aromatic rings. The maximum atomic E-state index is 5.80. The first kappa shape index (κ1) is 10.7. The first-order valence-electron chi connectivity index (χ1n) is 4.84. The number of hydrogen-bond acceptors (Lipinski definition) is 3. The van der Waals surface area contributed by atoms with Gasteiger partial charge in [-0.2, -0.15) is 0 Å². The van der Waals surface area contributed by atoms with Gasteiger partial charge in [0.05, 0.1) is 12.1 Å². The standard InChI is InChI=1S/C11H14IN3/c1-11(7-14-10(13)15(11)2)8-3-5-9(12)6-4-8/h3-6H,7H2,1-2H3,(H2,13,14). The molecule has 1 aromatic carbocycles. The molecule has 1 heterocycles. The number of hydrogen-bond donors (Lipinski definition) is 1. The molecular weight excluding hydrogens is 301 g/mol. The maximum Gasteiger partial charge on any atom is 0.191 e. The van der Waals surface area contributed by atoms with Gasteiger partial charge in [0.15, 0.2) is 5.96 Å². The van der Waals surface area contributed by atoms with Crippen LogP contribution in [0.5, 0.6) is 0 Å². The Morgan fingerprint density at radius 3 is 2.47 bits per heavy atom. The highest BCUT2D eigenvalue weighted by molar-refractivity contribution is 14.1. The van der Waals surface area contributed by atoms with Gasteiger partial charge in [-0.15, -0.1) is 0 Å². The van der Waals surface area contributed by atoms with Crippen LogP contribution in [-0.2, 0) is 5.54 Å². The second-order valence-electron chi connectivity index (χ2n) is 4.01. The number of aliphatic imine (C=N–C) groups is 1. The lowest BCUT2D eigenvalue weighted by Crippen LogP contribution is -2.44. The quantitative estimate of drug-likeness (QED) is 0.803. The molecule has 3 nitrogen and oxygen atoms in total. The summed E-state index contributed by atoms with van der Waals surface area (Å²) < 4.78 is 1.24. The maximum absolute atomic E-state index is 5.80. The third kappa shape index (κ3) is 1.71. The molecule has 1 aliphatic rings. The molecule has 0 saturated carbocycles. The van der Waals surface area contributed by atoms with E-state index >= 15 is 0 Å². The number of benzene rings is 1. The second kappa shape index (κ2) is 3.66. The van der Waals surface area contributed by atoms with E-state index in [0.29, 0.717) is 5.96 Å². The molecule has 0 bridgehead atoms. The lowest BCUT2D eigenvalue weighted by molar-refractivity contribution is 0.267. The Morgan fingerprint density at radius 2 is 2.00 bits per heavy atom. The Morgan fingerprint density at radius 1 is 1.40 bits per heavy atom. The van der Waals surface area contributed by atoms with Crippen LogP contribution in [0.15, 0.2) is 29.3 Å². The van der Waals surface area contributed by atoms with Crippen molar-refractivity contribution in [1.29, 1.82) is 0 Å². The SMILES string of the molecule is CN1C(N)=NCC1(C)c1ccc(I)cc1. The second-order valence-corrected chi connectivity index (χ2v) is 5.26. The van der Waals surface area contributed by atoms with E-state index in [1.54, 1.807) is 0 Å². The molecule has 80 valence electrons. The predicted molar refractivity (Wildman–Crippen MR) is 70.8 cm³/mol. The zero-order chi connectivity index (χ0) is 11.1. The minimum absolute atomic E-state index is 0.0889. The van der Waals surface area contributed by atoms with Crippen molar-refractivity contribution in [2.45, 2.75) is 12.5 Å². The molecule has 0 aromatic heterocycles. The lowest BCUT2D eigenvalue weighted by Gasteiger charge is -2.33. The average Bonchev–Trinajstić information content (AvgIpc) is 2.48. The van der Waals surface area contributed by atoms with Gasteiger partial charge in [-0.1, -0.05) is 12.1 Å². The highest BCUT2D eigenvalue weighted by Crippen LogP contribution is 2.31. The number of likely N-dealkylation sites (N-methyl/N-ethyl adjacent to an activating group) is 1. The smallest absolute Gasteiger partial charge is 0.191 e. The molecular formula is C11H14IN3. The van der Waals surface area contributed by atoms with Crippen LogP contribution < -0.4 is 5.73 Å². The van der Waals surface area contributed by atoms with Crippen LogP contribution in [0.1, 0.15) is 12.5 Å². The fourth-order valence-corrected chi connectivity index (χ4v) is 2.15. The van der Waals surface area contributed by atoms with E-state index in [-0.39, 0.29) is 5.54 Å². The molecule has 0 saturated heterocycles. The molecule has 0 spiro atoms. The Hall–Kier alpha value is -0.780. The molecule has 0 radical (unpaired) electrons. The first-order valence-corrected chi connectivity index (χ1v) is 5.92. The summed E-state index contributed by atoms with van der Waals surface area (Å²) >= 11 is 2.31. The van der Waals surface area contributed by atoms with Gasteiger partial charge >= 0.3 is 0 Å². The van der Waals surface area contributed by atoms with Crippen LogP contribution >= 0.6 is 22.6 Å². The number of halogens is 1. The molecule has 0 amide bonds. The van der Waals surface area contributed by atoms with Crippen molar-refractivity contribution in [3.8, 4) is 0 Å². The summed E-state index contributed by atoms with van der Waals surface area (Å²) in [7, 11) is 1.99. The molecule has 1 aliphatic heterocycles. The van der Waals surface area contributed by atoms with Gasteiger partial charge in [-0.3, -0.25) is 4.99 Å². The van der Waals surface area contributed by atoms with Crippen molar-refractivity contribution in [2.75, 3.05) is 13.6 Å². The third-order valence-corrected chi connectivity index (χ3v) is 3.82. The van der Waals surface area contributed by atoms with E-state index in [0.717, 1.165) is 6.54 Å². The molecule has 2 N–H and O–H groups in total. The van der Waals surface area contributed by atoms with E-state index in [2.05, 4.69) is 58.8 Å². The van der Waals surface area contributed by atoms with E-state index in [9.17, 15) is 0 Å². The molecule has 15 heavy (non-hydrogen) atoms. The fraction of sp³-hybridized carbons (Fsp3) is 0.364. The van der Waals surface area contributed by atoms with Gasteiger partial charge < -0.3 is 10.6 Å². The van der Waals surface area contributed by atoms with Crippen molar-refractivity contribution in [3.63, 3.8) is 0 Å². The minimum atomic E-state index is -0.0889. The summed E-state index contributed by atoms with van der Waals surface area (Å²) in [5.74, 6) is 0.621. The normalized spacial score (nSPS) is 25.5. The largest absolute Gasteiger partial charge is 0.370 e. The Bertz CT molecular complexity index is 399. The van der Waals surface area contributed by atoms with Crippen molar-refractivity contribution in [1.82, 2.24) is 4.90 Å². The monoisotopic (exact) mass is 315 g/mol. The van der Waals surface area contributed by atoms with Gasteiger partial charge in [0.1, 0.15) is 0 Å². The Kier molecular flexibility index (Phi) is 2.62. The third-order valence-electron chi connectivity index (χ3n) is 3.10. The number of guanidine groups is 1. The van der Waals surface area contributed by atoms with Crippen LogP contribution in [0.3, 0.4) is 0 Å². The van der Waals surface area contributed by atoms with Gasteiger partial charge in [0.25, 0.3) is 0 Å². The van der Waals surface area contributed by atoms with Crippen LogP contribution in [0.4, 0.5) is 0 Å². The summed E-state index contributed by atoms with van der Waals surface area (Å²) in [5.41, 5.74) is 6.97. The number of nitrogens with two attached hydrogens (primary N) is 1. The summed E-state index contributed by atoms with van der Waals surface area (Å²) in [6.07, 6.45) is 0. The van der Waals surface area contributed by atoms with E-state index in [1.165, 1.54) is 9.13 Å². The zero-order valence-electron chi connectivity index (χ0n) is 8.87. The first-order chi connectivity index (χ1) is 7.04. The van der Waals surface area contributed by atoms with Crippen molar-refractivity contribution >= 4 is 28.6 Å². The van der Waals surface area contributed by atoms with Crippen LogP contribution in [0, 0.1) is 3.57 Å². The highest BCUT2D eigenvalue weighted by atomic mass is 127. The molecule has 0 fully saturated rings. The van der Waals surface area contributed by atoms with Crippen LogP contribution in [-0.4, -0.2) is 24.5 Å². The van der Waals surface area contributed by atoms with Gasteiger partial charge in [-0.25, -0.2) is 0 Å². The van der Waals surface area contributed by atoms with E-state index < -0.39 is 0 Å². The van der Waals surface area contributed by atoms with Crippen LogP contribution in [0.25, 0.3) is 0 Å². The summed E-state index contributed by atoms with van der Waals surface area (Å²) in [6, 6.07) is 8.52. The molecule has 2 rings (SSSR count). The van der Waals surface area contributed by atoms with Gasteiger partial charge in [0.2, 0.25) is 0 Å². The van der Waals surface area contributed by atoms with Crippen molar-refractivity contribution < 1.29 is 0 Å². The fourth-order valence-electron chi connectivity index (χ4n) is 1.79. The minimum Gasteiger partial charge on any atom is -0.370 e. The van der Waals surface area contributed by atoms with E-state index in [1.807, 2.05) is 11.9 Å². The number of rotatable bonds is 1. The Balaban J connectivity index is 2.35. The van der Waals surface area contributed by atoms with Crippen molar-refractivity contribution in [3.05, 3.63) is 33.4 Å². The van der Waals surface area contributed by atoms with Crippen molar-refractivity contribution in [2.24, 2.45) is 10.7 Å². The summed E-state index contributed by atoms with van der Waals surface area (Å²) in [6.45, 7) is 2.90. The summed E-state index contributed by atoms with van der Waals surface area (Å²) in [5, 5.41) is 0. The lowest BCUT2D eigenvalue weighted by atomic mass is 9.92. The topological polar surface area (TPSA) is 41.6 Å². The molecule has 1 unspecified atom stereocenters. The molecule has 1 atom stereocenters. The number of nitrogens with zero attached hydrogens (tertiary/aromatic N) is 2. The zero-order valence-corrected chi connectivity index (χ0v) is 11.0. The summed E-state index contributed by atoms with van der Waals surface area (Å²) in [4.78, 5) is 6.32. The highest BCUT2D eigenvalue weighted by Gasteiger charge is 2.36. The van der Waals surface area contributed by atoms with Crippen LogP contribution in [0.2, 0.25) is 0 Å². The van der Waals surface area contributed by atoms with Gasteiger partial charge in [0, 0.05) is 10.6 Å². The average molecular weight is 315 g/mol. The molecule has 4 heteroatoms. The molecule has 0 aliphatic carbocycles. The predicted octanol–water partition coefficient (Wildman–Crippen LogP) is 1.77.